The van der Waals surface area contributed by atoms with Gasteiger partial charge in [-0.2, -0.15) is 0 Å². The van der Waals surface area contributed by atoms with E-state index in [1.54, 1.807) is 6.07 Å². The number of nitrogens with two attached hydrogens (primary N) is 1. The van der Waals surface area contributed by atoms with E-state index in [1.165, 1.54) is 12.1 Å². The number of fused-ring (bicyclic) bond motifs is 1. The number of halogens is 4. The molecule has 0 aliphatic rings. The first-order valence-electron chi connectivity index (χ1n) is 4.57. The molecule has 0 bridgehead atoms. The van der Waals surface area contributed by atoms with Crippen molar-refractivity contribution in [3.05, 3.63) is 28.4 Å². The van der Waals surface area contributed by atoms with Crippen LogP contribution < -0.4 is 10.5 Å². The second kappa shape index (κ2) is 4.23. The zero-order valence-corrected chi connectivity index (χ0v) is 9.93. The van der Waals surface area contributed by atoms with Gasteiger partial charge in [-0.3, -0.25) is 0 Å². The standard InChI is InChI=1S/C10H7BrF3NO2/c11-8-3-6(17-10(12,13)14)1-5-2-7(4-15)16-9(5)8/h1-3H,4,15H2. The molecule has 0 aliphatic heterocycles. The lowest BCUT2D eigenvalue weighted by Gasteiger charge is -2.08. The maximum atomic E-state index is 12.1. The maximum absolute atomic E-state index is 12.1. The summed E-state index contributed by atoms with van der Waals surface area (Å²) in [6, 6.07) is 4.01. The van der Waals surface area contributed by atoms with Gasteiger partial charge in [0.05, 0.1) is 11.0 Å². The molecule has 0 aliphatic carbocycles. The third-order valence-electron chi connectivity index (χ3n) is 2.03. The normalized spacial score (nSPS) is 12.1. The minimum Gasteiger partial charge on any atom is -0.459 e. The predicted molar refractivity (Wildman–Crippen MR) is 58.5 cm³/mol. The first-order valence-corrected chi connectivity index (χ1v) is 5.36. The molecular formula is C10H7BrF3NO2. The Morgan fingerprint density at radius 2 is 2.00 bits per heavy atom. The largest absolute Gasteiger partial charge is 0.573 e. The van der Waals surface area contributed by atoms with Crippen molar-refractivity contribution in [3.8, 4) is 5.75 Å². The molecule has 1 heterocycles. The molecule has 3 nitrogen and oxygen atoms in total. The Hall–Kier alpha value is -1.21. The zero-order chi connectivity index (χ0) is 12.6. The monoisotopic (exact) mass is 309 g/mol. The number of benzene rings is 1. The SMILES string of the molecule is NCc1cc2cc(OC(F)(F)F)cc(Br)c2o1. The summed E-state index contributed by atoms with van der Waals surface area (Å²) in [5, 5.41) is 0.499. The summed E-state index contributed by atoms with van der Waals surface area (Å²) in [7, 11) is 0. The Morgan fingerprint density at radius 1 is 1.29 bits per heavy atom. The summed E-state index contributed by atoms with van der Waals surface area (Å²) in [6.45, 7) is 0.177. The van der Waals surface area contributed by atoms with Gasteiger partial charge in [-0.05, 0) is 34.1 Å². The Morgan fingerprint density at radius 3 is 2.59 bits per heavy atom. The fourth-order valence-corrected chi connectivity index (χ4v) is 1.97. The molecule has 0 saturated heterocycles. The van der Waals surface area contributed by atoms with Gasteiger partial charge in [-0.25, -0.2) is 0 Å². The van der Waals surface area contributed by atoms with Gasteiger partial charge < -0.3 is 14.9 Å². The molecule has 0 unspecified atom stereocenters. The van der Waals surface area contributed by atoms with E-state index in [4.69, 9.17) is 10.2 Å². The summed E-state index contributed by atoms with van der Waals surface area (Å²) >= 11 is 3.12. The number of ether oxygens (including phenoxy) is 1. The molecule has 0 amide bonds. The molecule has 2 rings (SSSR count). The second-order valence-corrected chi connectivity index (χ2v) is 4.14. The molecule has 0 atom stereocenters. The van der Waals surface area contributed by atoms with Crippen molar-refractivity contribution < 1.29 is 22.3 Å². The minimum atomic E-state index is -4.71. The Labute approximate surface area is 102 Å². The molecule has 2 N–H and O–H groups in total. The van der Waals surface area contributed by atoms with Gasteiger partial charge in [-0.15, -0.1) is 13.2 Å². The summed E-state index contributed by atoms with van der Waals surface area (Å²) in [6.07, 6.45) is -4.71. The fourth-order valence-electron chi connectivity index (χ4n) is 1.43. The van der Waals surface area contributed by atoms with Gasteiger partial charge in [0, 0.05) is 5.39 Å². The van der Waals surface area contributed by atoms with E-state index in [1.807, 2.05) is 0 Å². The number of hydrogen-bond donors (Lipinski definition) is 1. The highest BCUT2D eigenvalue weighted by Crippen LogP contribution is 2.34. The van der Waals surface area contributed by atoms with Crippen LogP contribution in [-0.4, -0.2) is 6.36 Å². The van der Waals surface area contributed by atoms with Crippen LogP contribution in [0.3, 0.4) is 0 Å². The molecule has 0 spiro atoms. The molecule has 1 aromatic heterocycles. The summed E-state index contributed by atoms with van der Waals surface area (Å²) in [5.74, 6) is 0.186. The highest BCUT2D eigenvalue weighted by Gasteiger charge is 2.31. The van der Waals surface area contributed by atoms with Gasteiger partial charge in [-0.1, -0.05) is 0 Å². The summed E-state index contributed by atoms with van der Waals surface area (Å²) in [4.78, 5) is 0. The molecule has 0 radical (unpaired) electrons. The van der Waals surface area contributed by atoms with E-state index < -0.39 is 6.36 Å². The summed E-state index contributed by atoms with van der Waals surface area (Å²) in [5.41, 5.74) is 5.83. The van der Waals surface area contributed by atoms with Gasteiger partial charge in [0.15, 0.2) is 0 Å². The lowest BCUT2D eigenvalue weighted by atomic mass is 10.2. The van der Waals surface area contributed by atoms with E-state index in [9.17, 15) is 13.2 Å². The van der Waals surface area contributed by atoms with Crippen molar-refractivity contribution in [2.45, 2.75) is 12.9 Å². The maximum Gasteiger partial charge on any atom is 0.573 e. The molecule has 1 aromatic carbocycles. The fraction of sp³-hybridized carbons (Fsp3) is 0.200. The average Bonchev–Trinajstić information content (AvgIpc) is 2.58. The Kier molecular flexibility index (Phi) is 3.05. The first-order chi connectivity index (χ1) is 7.89. The van der Waals surface area contributed by atoms with Gasteiger partial charge in [0.2, 0.25) is 0 Å². The van der Waals surface area contributed by atoms with Crippen LogP contribution in [0.15, 0.2) is 27.1 Å². The van der Waals surface area contributed by atoms with Gasteiger partial charge in [0.1, 0.15) is 17.1 Å². The molecule has 92 valence electrons. The van der Waals surface area contributed by atoms with Gasteiger partial charge in [0.25, 0.3) is 0 Å². The smallest absolute Gasteiger partial charge is 0.459 e. The Bertz CT molecular complexity index is 550. The molecule has 0 saturated carbocycles. The van der Waals surface area contributed by atoms with Gasteiger partial charge >= 0.3 is 6.36 Å². The number of hydrogen-bond acceptors (Lipinski definition) is 3. The van der Waals surface area contributed by atoms with Crippen LogP contribution in [0.25, 0.3) is 11.0 Å². The predicted octanol–water partition coefficient (Wildman–Crippen LogP) is 3.55. The lowest BCUT2D eigenvalue weighted by Crippen LogP contribution is -2.17. The molecule has 0 fully saturated rings. The molecule has 7 heteroatoms. The van der Waals surface area contributed by atoms with Crippen molar-refractivity contribution in [1.82, 2.24) is 0 Å². The highest BCUT2D eigenvalue weighted by molar-refractivity contribution is 9.10. The van der Waals surface area contributed by atoms with E-state index >= 15 is 0 Å². The van der Waals surface area contributed by atoms with Crippen molar-refractivity contribution in [2.24, 2.45) is 5.73 Å². The summed E-state index contributed by atoms with van der Waals surface area (Å²) < 4.78 is 45.7. The van der Waals surface area contributed by atoms with Crippen LogP contribution >= 0.6 is 15.9 Å². The van der Waals surface area contributed by atoms with E-state index in [2.05, 4.69) is 20.7 Å². The third kappa shape index (κ3) is 2.73. The van der Waals surface area contributed by atoms with Crippen LogP contribution in [0.1, 0.15) is 5.76 Å². The van der Waals surface area contributed by atoms with Crippen molar-refractivity contribution in [1.29, 1.82) is 0 Å². The van der Waals surface area contributed by atoms with E-state index in [-0.39, 0.29) is 12.3 Å². The second-order valence-electron chi connectivity index (χ2n) is 3.29. The topological polar surface area (TPSA) is 48.4 Å². The number of furan rings is 1. The quantitative estimate of drug-likeness (QED) is 0.923. The molecule has 2 aromatic rings. The first kappa shape index (κ1) is 12.3. The lowest BCUT2D eigenvalue weighted by molar-refractivity contribution is -0.274. The van der Waals surface area contributed by atoms with E-state index in [0.717, 1.165) is 0 Å². The average molecular weight is 310 g/mol. The van der Waals surface area contributed by atoms with Crippen LogP contribution in [0.4, 0.5) is 13.2 Å². The number of rotatable bonds is 2. The molecule has 17 heavy (non-hydrogen) atoms. The van der Waals surface area contributed by atoms with Crippen LogP contribution in [0.2, 0.25) is 0 Å². The van der Waals surface area contributed by atoms with Crippen LogP contribution in [-0.2, 0) is 6.54 Å². The van der Waals surface area contributed by atoms with Crippen molar-refractivity contribution in [3.63, 3.8) is 0 Å². The van der Waals surface area contributed by atoms with Crippen LogP contribution in [0.5, 0.6) is 5.75 Å². The van der Waals surface area contributed by atoms with E-state index in [0.29, 0.717) is 21.2 Å². The van der Waals surface area contributed by atoms with Crippen molar-refractivity contribution in [2.75, 3.05) is 0 Å². The molecular weight excluding hydrogens is 303 g/mol. The number of alkyl halides is 3. The van der Waals surface area contributed by atoms with Crippen LogP contribution in [0, 0.1) is 0 Å². The minimum absolute atomic E-state index is 0.177. The zero-order valence-electron chi connectivity index (χ0n) is 8.34. The highest BCUT2D eigenvalue weighted by atomic mass is 79.9. The third-order valence-corrected chi connectivity index (χ3v) is 2.62. The van der Waals surface area contributed by atoms with Crippen molar-refractivity contribution >= 4 is 26.9 Å². The Balaban J connectivity index is 2.47.